The lowest BCUT2D eigenvalue weighted by Gasteiger charge is -2.12. The molecule has 0 saturated carbocycles. The van der Waals surface area contributed by atoms with E-state index >= 15 is 0 Å². The third-order valence-corrected chi connectivity index (χ3v) is 2.45. The first-order valence-corrected chi connectivity index (χ1v) is 6.51. The zero-order valence-corrected chi connectivity index (χ0v) is 11.3. The SMILES string of the molecule is CCCCOCCOc1cccc(OCC)c1N. The zero-order chi connectivity index (χ0) is 13.2. The van der Waals surface area contributed by atoms with Gasteiger partial charge in [0.25, 0.3) is 0 Å². The first-order valence-electron chi connectivity index (χ1n) is 6.51. The molecule has 4 nitrogen and oxygen atoms in total. The van der Waals surface area contributed by atoms with Crippen LogP contribution in [0.4, 0.5) is 5.69 Å². The second kappa shape index (κ2) is 8.64. The maximum atomic E-state index is 5.94. The summed E-state index contributed by atoms with van der Waals surface area (Å²) < 4.78 is 16.4. The van der Waals surface area contributed by atoms with E-state index in [4.69, 9.17) is 19.9 Å². The number of hydrogen-bond acceptors (Lipinski definition) is 4. The molecule has 0 saturated heterocycles. The molecule has 1 aromatic carbocycles. The quantitative estimate of drug-likeness (QED) is 0.543. The minimum atomic E-state index is 0.503. The third kappa shape index (κ3) is 4.84. The molecule has 0 aliphatic heterocycles. The van der Waals surface area contributed by atoms with Crippen LogP contribution in [-0.2, 0) is 4.74 Å². The molecule has 0 bridgehead atoms. The molecule has 0 heterocycles. The number of unbranched alkanes of at least 4 members (excludes halogenated alkanes) is 1. The van der Waals surface area contributed by atoms with E-state index in [-0.39, 0.29) is 0 Å². The Morgan fingerprint density at radius 2 is 1.72 bits per heavy atom. The van der Waals surface area contributed by atoms with Crippen molar-refractivity contribution in [2.45, 2.75) is 26.7 Å². The summed E-state index contributed by atoms with van der Waals surface area (Å²) in [7, 11) is 0. The molecule has 0 aliphatic rings. The van der Waals surface area contributed by atoms with Crippen molar-refractivity contribution in [1.29, 1.82) is 0 Å². The summed E-state index contributed by atoms with van der Waals surface area (Å²) in [5, 5.41) is 0. The van der Waals surface area contributed by atoms with E-state index in [1.54, 1.807) is 0 Å². The van der Waals surface area contributed by atoms with Gasteiger partial charge in [0.1, 0.15) is 23.8 Å². The highest BCUT2D eigenvalue weighted by Crippen LogP contribution is 2.31. The molecule has 2 N–H and O–H groups in total. The smallest absolute Gasteiger partial charge is 0.146 e. The van der Waals surface area contributed by atoms with Gasteiger partial charge in [-0.1, -0.05) is 19.4 Å². The molecule has 0 amide bonds. The van der Waals surface area contributed by atoms with Crippen LogP contribution in [0.3, 0.4) is 0 Å². The van der Waals surface area contributed by atoms with E-state index in [0.717, 1.165) is 19.4 Å². The van der Waals surface area contributed by atoms with Crippen LogP contribution < -0.4 is 15.2 Å². The summed E-state index contributed by atoms with van der Waals surface area (Å²) in [4.78, 5) is 0. The molecular formula is C14H23NO3. The fraction of sp³-hybridized carbons (Fsp3) is 0.571. The molecule has 0 atom stereocenters. The van der Waals surface area contributed by atoms with Gasteiger partial charge in [0, 0.05) is 6.61 Å². The summed E-state index contributed by atoms with van der Waals surface area (Å²) >= 11 is 0. The number of benzene rings is 1. The summed E-state index contributed by atoms with van der Waals surface area (Å²) in [6.45, 7) is 6.53. The van der Waals surface area contributed by atoms with Crippen LogP contribution in [0.25, 0.3) is 0 Å². The lowest BCUT2D eigenvalue weighted by Crippen LogP contribution is -2.09. The van der Waals surface area contributed by atoms with Crippen molar-refractivity contribution < 1.29 is 14.2 Å². The summed E-state index contributed by atoms with van der Waals surface area (Å²) in [5.41, 5.74) is 6.49. The molecule has 0 fully saturated rings. The van der Waals surface area contributed by atoms with Crippen LogP contribution in [0.1, 0.15) is 26.7 Å². The van der Waals surface area contributed by atoms with Gasteiger partial charge >= 0.3 is 0 Å². The van der Waals surface area contributed by atoms with Crippen molar-refractivity contribution in [3.63, 3.8) is 0 Å². The van der Waals surface area contributed by atoms with Gasteiger partial charge in [-0.25, -0.2) is 0 Å². The van der Waals surface area contributed by atoms with Gasteiger partial charge in [0.05, 0.1) is 13.2 Å². The minimum absolute atomic E-state index is 0.503. The van der Waals surface area contributed by atoms with Gasteiger partial charge < -0.3 is 19.9 Å². The molecule has 1 aromatic rings. The Labute approximate surface area is 109 Å². The lowest BCUT2D eigenvalue weighted by atomic mass is 10.3. The number of para-hydroxylation sites is 1. The Morgan fingerprint density at radius 3 is 2.39 bits per heavy atom. The summed E-state index contributed by atoms with van der Waals surface area (Å²) in [5.74, 6) is 1.32. The predicted octanol–water partition coefficient (Wildman–Crippen LogP) is 2.86. The highest BCUT2D eigenvalue weighted by molar-refractivity contribution is 5.62. The van der Waals surface area contributed by atoms with Crippen molar-refractivity contribution >= 4 is 5.69 Å². The van der Waals surface area contributed by atoms with Crippen molar-refractivity contribution in [1.82, 2.24) is 0 Å². The fourth-order valence-corrected chi connectivity index (χ4v) is 1.49. The van der Waals surface area contributed by atoms with E-state index in [2.05, 4.69) is 6.92 Å². The summed E-state index contributed by atoms with van der Waals surface area (Å²) in [6, 6.07) is 5.54. The van der Waals surface area contributed by atoms with Crippen molar-refractivity contribution in [3.05, 3.63) is 18.2 Å². The molecule has 0 unspecified atom stereocenters. The number of rotatable bonds is 9. The highest BCUT2D eigenvalue weighted by atomic mass is 16.5. The van der Waals surface area contributed by atoms with Crippen LogP contribution in [0.2, 0.25) is 0 Å². The largest absolute Gasteiger partial charge is 0.492 e. The second-order valence-corrected chi connectivity index (χ2v) is 3.92. The van der Waals surface area contributed by atoms with Crippen LogP contribution in [-0.4, -0.2) is 26.4 Å². The van der Waals surface area contributed by atoms with Gasteiger partial charge in [-0.2, -0.15) is 0 Å². The number of nitrogens with two attached hydrogens (primary N) is 1. The Hall–Kier alpha value is -1.42. The van der Waals surface area contributed by atoms with Gasteiger partial charge in [-0.05, 0) is 25.5 Å². The molecule has 0 spiro atoms. The number of ether oxygens (including phenoxy) is 3. The second-order valence-electron chi connectivity index (χ2n) is 3.92. The maximum absolute atomic E-state index is 5.94. The molecule has 0 aliphatic carbocycles. The number of anilines is 1. The van der Waals surface area contributed by atoms with Gasteiger partial charge in [0.2, 0.25) is 0 Å². The topological polar surface area (TPSA) is 53.7 Å². The molecular weight excluding hydrogens is 230 g/mol. The van der Waals surface area contributed by atoms with Crippen LogP contribution in [0.5, 0.6) is 11.5 Å². The van der Waals surface area contributed by atoms with E-state index in [1.807, 2.05) is 25.1 Å². The first kappa shape index (κ1) is 14.6. The standard InChI is InChI=1S/C14H23NO3/c1-3-5-9-16-10-11-18-13-8-6-7-12(14(13)15)17-4-2/h6-8H,3-5,9-11,15H2,1-2H3. The van der Waals surface area contributed by atoms with Crippen molar-refractivity contribution in [3.8, 4) is 11.5 Å². The normalized spacial score (nSPS) is 10.3. The van der Waals surface area contributed by atoms with E-state index < -0.39 is 0 Å². The molecule has 4 heteroatoms. The summed E-state index contributed by atoms with van der Waals surface area (Å²) in [6.07, 6.45) is 2.23. The molecule has 0 radical (unpaired) electrons. The molecule has 0 aromatic heterocycles. The van der Waals surface area contributed by atoms with Gasteiger partial charge in [-0.3, -0.25) is 0 Å². The van der Waals surface area contributed by atoms with Crippen LogP contribution >= 0.6 is 0 Å². The molecule has 102 valence electrons. The lowest BCUT2D eigenvalue weighted by molar-refractivity contribution is 0.0982. The van der Waals surface area contributed by atoms with Crippen LogP contribution in [0, 0.1) is 0 Å². The van der Waals surface area contributed by atoms with Crippen molar-refractivity contribution in [2.24, 2.45) is 0 Å². The average molecular weight is 253 g/mol. The number of hydrogen-bond donors (Lipinski definition) is 1. The van der Waals surface area contributed by atoms with Crippen LogP contribution in [0.15, 0.2) is 18.2 Å². The minimum Gasteiger partial charge on any atom is -0.492 e. The number of nitrogen functional groups attached to an aromatic ring is 1. The van der Waals surface area contributed by atoms with E-state index in [9.17, 15) is 0 Å². The fourth-order valence-electron chi connectivity index (χ4n) is 1.49. The first-order chi connectivity index (χ1) is 8.79. The Bertz CT molecular complexity index is 342. The van der Waals surface area contributed by atoms with Gasteiger partial charge in [-0.15, -0.1) is 0 Å². The zero-order valence-electron chi connectivity index (χ0n) is 11.3. The third-order valence-electron chi connectivity index (χ3n) is 2.45. The van der Waals surface area contributed by atoms with E-state index in [0.29, 0.717) is 37.0 Å². The van der Waals surface area contributed by atoms with Gasteiger partial charge in [0.15, 0.2) is 0 Å². The molecule has 1 rings (SSSR count). The molecule has 18 heavy (non-hydrogen) atoms. The van der Waals surface area contributed by atoms with E-state index in [1.165, 1.54) is 0 Å². The predicted molar refractivity (Wildman–Crippen MR) is 73.2 cm³/mol. The monoisotopic (exact) mass is 253 g/mol. The Morgan fingerprint density at radius 1 is 1.00 bits per heavy atom. The Balaban J connectivity index is 2.35. The Kier molecular flexibility index (Phi) is 7.03. The van der Waals surface area contributed by atoms with Crippen molar-refractivity contribution in [2.75, 3.05) is 32.2 Å². The average Bonchev–Trinajstić information content (AvgIpc) is 2.38. The highest BCUT2D eigenvalue weighted by Gasteiger charge is 2.06. The maximum Gasteiger partial charge on any atom is 0.146 e.